The summed E-state index contributed by atoms with van der Waals surface area (Å²) in [5.41, 5.74) is 0. The quantitative estimate of drug-likeness (QED) is 0.612. The van der Waals surface area contributed by atoms with Crippen molar-refractivity contribution >= 4 is 5.91 Å². The monoisotopic (exact) mass is 320 g/mol. The molecule has 130 valence electrons. The Bertz CT molecular complexity index is 443. The highest BCUT2D eigenvalue weighted by Crippen LogP contribution is 2.36. The summed E-state index contributed by atoms with van der Waals surface area (Å²) in [6.07, 6.45) is 8.43. The Morgan fingerprint density at radius 1 is 1.09 bits per heavy atom. The molecule has 0 aromatic carbocycles. The van der Waals surface area contributed by atoms with Crippen molar-refractivity contribution in [3.63, 3.8) is 0 Å². The summed E-state index contributed by atoms with van der Waals surface area (Å²) < 4.78 is 0. The molecule has 2 aliphatic carbocycles. The number of hydrogen-bond donors (Lipinski definition) is 4. The fraction of sp³-hybridized carbons (Fsp3) is 0.944. The van der Waals surface area contributed by atoms with E-state index in [1.54, 1.807) is 0 Å². The molecule has 2 aliphatic heterocycles. The molecule has 0 bridgehead atoms. The molecule has 0 spiro atoms. The van der Waals surface area contributed by atoms with Gasteiger partial charge in [-0.2, -0.15) is 0 Å². The van der Waals surface area contributed by atoms with Gasteiger partial charge >= 0.3 is 0 Å². The molecular formula is C18H32N4O. The van der Waals surface area contributed by atoms with Crippen molar-refractivity contribution < 1.29 is 4.79 Å². The largest absolute Gasteiger partial charge is 0.352 e. The minimum absolute atomic E-state index is 0.0471. The molecule has 7 unspecified atom stereocenters. The predicted molar refractivity (Wildman–Crippen MR) is 90.9 cm³/mol. The Morgan fingerprint density at radius 2 is 2.00 bits per heavy atom. The summed E-state index contributed by atoms with van der Waals surface area (Å²) in [7, 11) is 0. The first-order valence-corrected chi connectivity index (χ1v) is 9.71. The Hall–Kier alpha value is -0.650. The number of amides is 1. The summed E-state index contributed by atoms with van der Waals surface area (Å²) in [6.45, 7) is 4.37. The van der Waals surface area contributed by atoms with E-state index in [1.807, 2.05) is 0 Å². The molecule has 0 radical (unpaired) electrons. The first kappa shape index (κ1) is 15.9. The van der Waals surface area contributed by atoms with Crippen molar-refractivity contribution in [1.82, 2.24) is 21.3 Å². The maximum absolute atomic E-state index is 12.7. The molecule has 4 fully saturated rings. The highest BCUT2D eigenvalue weighted by Gasteiger charge is 2.42. The van der Waals surface area contributed by atoms with Crippen LogP contribution in [0.2, 0.25) is 0 Å². The Kier molecular flexibility index (Phi) is 4.61. The van der Waals surface area contributed by atoms with E-state index < -0.39 is 0 Å². The fourth-order valence-electron chi connectivity index (χ4n) is 5.53. The van der Waals surface area contributed by atoms with Crippen LogP contribution < -0.4 is 21.3 Å². The van der Waals surface area contributed by atoms with Crippen molar-refractivity contribution in [3.8, 4) is 0 Å². The minimum atomic E-state index is 0.0471. The van der Waals surface area contributed by atoms with E-state index in [1.165, 1.54) is 25.7 Å². The van der Waals surface area contributed by atoms with Crippen LogP contribution in [0.15, 0.2) is 0 Å². The van der Waals surface area contributed by atoms with E-state index in [-0.39, 0.29) is 11.9 Å². The van der Waals surface area contributed by atoms with Gasteiger partial charge in [0, 0.05) is 31.3 Å². The third-order valence-corrected chi connectivity index (χ3v) is 6.83. The third kappa shape index (κ3) is 3.28. The molecule has 7 atom stereocenters. The van der Waals surface area contributed by atoms with Crippen molar-refractivity contribution in [3.05, 3.63) is 0 Å². The molecule has 0 aromatic heterocycles. The zero-order valence-corrected chi connectivity index (χ0v) is 14.3. The van der Waals surface area contributed by atoms with Gasteiger partial charge in [0.1, 0.15) is 0 Å². The normalized spacial score (nSPS) is 46.7. The van der Waals surface area contributed by atoms with Crippen molar-refractivity contribution in [2.45, 2.75) is 76.0 Å². The lowest BCUT2D eigenvalue weighted by Gasteiger charge is -2.40. The van der Waals surface area contributed by atoms with Gasteiger partial charge in [0.25, 0.3) is 0 Å². The average molecular weight is 320 g/mol. The second-order valence-corrected chi connectivity index (χ2v) is 8.37. The first-order valence-electron chi connectivity index (χ1n) is 9.71. The number of hydrogen-bond acceptors (Lipinski definition) is 4. The van der Waals surface area contributed by atoms with E-state index in [4.69, 9.17) is 0 Å². The number of rotatable bonds is 2. The van der Waals surface area contributed by atoms with Gasteiger partial charge < -0.3 is 21.3 Å². The van der Waals surface area contributed by atoms with E-state index in [0.29, 0.717) is 24.0 Å². The minimum Gasteiger partial charge on any atom is -0.352 e. The SMILES string of the molecule is CC1CCCC2CC(C(=O)NC3CCC4NCNCC4C3)NC12. The zero-order chi connectivity index (χ0) is 15.8. The van der Waals surface area contributed by atoms with E-state index in [0.717, 1.165) is 44.3 Å². The molecule has 5 nitrogen and oxygen atoms in total. The molecule has 2 heterocycles. The molecule has 2 saturated heterocycles. The van der Waals surface area contributed by atoms with Crippen LogP contribution in [0.25, 0.3) is 0 Å². The topological polar surface area (TPSA) is 65.2 Å². The zero-order valence-electron chi connectivity index (χ0n) is 14.3. The van der Waals surface area contributed by atoms with Gasteiger partial charge in [0.2, 0.25) is 5.91 Å². The van der Waals surface area contributed by atoms with Crippen LogP contribution in [-0.2, 0) is 4.79 Å². The van der Waals surface area contributed by atoms with E-state index >= 15 is 0 Å². The average Bonchev–Trinajstić information content (AvgIpc) is 3.01. The van der Waals surface area contributed by atoms with Crippen LogP contribution >= 0.6 is 0 Å². The molecule has 5 heteroatoms. The van der Waals surface area contributed by atoms with Gasteiger partial charge in [-0.1, -0.05) is 13.3 Å². The molecule has 4 N–H and O–H groups in total. The highest BCUT2D eigenvalue weighted by molar-refractivity contribution is 5.82. The van der Waals surface area contributed by atoms with Gasteiger partial charge in [-0.3, -0.25) is 4.79 Å². The first-order chi connectivity index (χ1) is 11.2. The molecular weight excluding hydrogens is 288 g/mol. The fourth-order valence-corrected chi connectivity index (χ4v) is 5.53. The number of fused-ring (bicyclic) bond motifs is 2. The second kappa shape index (κ2) is 6.69. The Labute approximate surface area is 139 Å². The molecule has 4 rings (SSSR count). The van der Waals surface area contributed by atoms with Crippen LogP contribution in [0.5, 0.6) is 0 Å². The third-order valence-electron chi connectivity index (χ3n) is 6.83. The lowest BCUT2D eigenvalue weighted by Crippen LogP contribution is -2.57. The predicted octanol–water partition coefficient (Wildman–Crippen LogP) is 0.957. The van der Waals surface area contributed by atoms with Crippen LogP contribution in [0.4, 0.5) is 0 Å². The van der Waals surface area contributed by atoms with Crippen LogP contribution in [0, 0.1) is 17.8 Å². The lowest BCUT2D eigenvalue weighted by molar-refractivity contribution is -0.124. The number of nitrogens with one attached hydrogen (secondary N) is 4. The summed E-state index contributed by atoms with van der Waals surface area (Å²) in [5.74, 6) is 2.37. The standard InChI is InChI=1S/C18H32N4O/c1-11-3-2-4-12-8-16(22-17(11)12)18(23)21-14-5-6-15-13(7-14)9-19-10-20-15/h11-17,19-20,22H,2-10H2,1H3,(H,21,23). The maximum atomic E-state index is 12.7. The molecule has 2 saturated carbocycles. The van der Waals surface area contributed by atoms with Crippen LogP contribution in [-0.4, -0.2) is 43.3 Å². The van der Waals surface area contributed by atoms with E-state index in [2.05, 4.69) is 28.2 Å². The van der Waals surface area contributed by atoms with Crippen LogP contribution in [0.3, 0.4) is 0 Å². The molecule has 4 aliphatic rings. The Balaban J connectivity index is 1.30. The molecule has 0 aromatic rings. The lowest BCUT2D eigenvalue weighted by atomic mass is 9.78. The van der Waals surface area contributed by atoms with Crippen molar-refractivity contribution in [1.29, 1.82) is 0 Å². The molecule has 1 amide bonds. The van der Waals surface area contributed by atoms with Gasteiger partial charge in [-0.05, 0) is 56.3 Å². The summed E-state index contributed by atoms with van der Waals surface area (Å²) in [6, 6.07) is 1.64. The molecule has 23 heavy (non-hydrogen) atoms. The van der Waals surface area contributed by atoms with Gasteiger partial charge in [-0.25, -0.2) is 0 Å². The summed E-state index contributed by atoms with van der Waals surface area (Å²) in [4.78, 5) is 12.7. The van der Waals surface area contributed by atoms with Gasteiger partial charge in [0.15, 0.2) is 0 Å². The highest BCUT2D eigenvalue weighted by atomic mass is 16.2. The van der Waals surface area contributed by atoms with Gasteiger partial charge in [0.05, 0.1) is 6.04 Å². The van der Waals surface area contributed by atoms with E-state index in [9.17, 15) is 4.79 Å². The summed E-state index contributed by atoms with van der Waals surface area (Å²) in [5, 5.41) is 14.0. The number of carbonyl (C=O) groups is 1. The maximum Gasteiger partial charge on any atom is 0.237 e. The van der Waals surface area contributed by atoms with Crippen molar-refractivity contribution in [2.24, 2.45) is 17.8 Å². The Morgan fingerprint density at radius 3 is 2.87 bits per heavy atom. The summed E-state index contributed by atoms with van der Waals surface area (Å²) >= 11 is 0. The number of carbonyl (C=O) groups excluding carboxylic acids is 1. The smallest absolute Gasteiger partial charge is 0.237 e. The second-order valence-electron chi connectivity index (χ2n) is 8.37. The van der Waals surface area contributed by atoms with Gasteiger partial charge in [-0.15, -0.1) is 0 Å². The van der Waals surface area contributed by atoms with Crippen LogP contribution in [0.1, 0.15) is 51.9 Å². The van der Waals surface area contributed by atoms with Crippen molar-refractivity contribution in [2.75, 3.05) is 13.2 Å².